The van der Waals surface area contributed by atoms with Crippen LogP contribution in [0.15, 0.2) is 194 Å². The van der Waals surface area contributed by atoms with Crippen LogP contribution in [0.3, 0.4) is 0 Å². The van der Waals surface area contributed by atoms with Gasteiger partial charge in [0, 0.05) is 33.0 Å². The van der Waals surface area contributed by atoms with E-state index in [1.807, 2.05) is 24.3 Å². The van der Waals surface area contributed by atoms with Gasteiger partial charge < -0.3 is 4.74 Å². The molecule has 10 rings (SSSR count). The van der Waals surface area contributed by atoms with Crippen molar-refractivity contribution >= 4 is 21.8 Å². The van der Waals surface area contributed by atoms with Gasteiger partial charge in [0.15, 0.2) is 0 Å². The Morgan fingerprint density at radius 2 is 0.808 bits per heavy atom. The number of fused-ring (bicyclic) bond motifs is 5. The van der Waals surface area contributed by atoms with E-state index in [4.69, 9.17) is 14.7 Å². The number of pyridine rings is 2. The van der Waals surface area contributed by atoms with E-state index >= 15 is 0 Å². The molecule has 9 aromatic rings. The molecule has 0 bridgehead atoms. The first-order valence-corrected chi connectivity index (χ1v) is 17.7. The molecule has 0 unspecified atom stereocenters. The maximum absolute atomic E-state index is 6.63. The Balaban J connectivity index is 1.08. The molecule has 0 amide bonds. The molecule has 0 N–H and O–H groups in total. The Morgan fingerprint density at radius 1 is 0.346 bits per heavy atom. The van der Waals surface area contributed by atoms with Gasteiger partial charge in [-0.2, -0.15) is 0 Å². The van der Waals surface area contributed by atoms with Gasteiger partial charge in [0.05, 0.1) is 27.8 Å². The van der Waals surface area contributed by atoms with Crippen molar-refractivity contribution in [2.75, 3.05) is 0 Å². The van der Waals surface area contributed by atoms with E-state index in [0.717, 1.165) is 78.1 Å². The fourth-order valence-corrected chi connectivity index (χ4v) is 7.92. The number of hydrogen-bond donors (Lipinski definition) is 0. The van der Waals surface area contributed by atoms with Crippen molar-refractivity contribution in [2.45, 2.75) is 5.41 Å². The Labute approximate surface area is 302 Å². The average Bonchev–Trinajstić information content (AvgIpc) is 3.23. The van der Waals surface area contributed by atoms with E-state index < -0.39 is 5.41 Å². The number of ether oxygens (including phenoxy) is 1. The van der Waals surface area contributed by atoms with Crippen molar-refractivity contribution in [3.05, 3.63) is 216 Å². The molecule has 1 aliphatic rings. The number of benzene rings is 7. The zero-order chi connectivity index (χ0) is 34.5. The fourth-order valence-electron chi connectivity index (χ4n) is 7.92. The lowest BCUT2D eigenvalue weighted by Gasteiger charge is -2.41. The van der Waals surface area contributed by atoms with Crippen LogP contribution in [0.5, 0.6) is 11.5 Å². The summed E-state index contributed by atoms with van der Waals surface area (Å²) >= 11 is 0. The minimum atomic E-state index is -0.561. The predicted molar refractivity (Wildman–Crippen MR) is 212 cm³/mol. The molecule has 3 nitrogen and oxygen atoms in total. The molecule has 0 saturated heterocycles. The van der Waals surface area contributed by atoms with Crippen molar-refractivity contribution in [2.24, 2.45) is 0 Å². The first kappa shape index (κ1) is 30.0. The van der Waals surface area contributed by atoms with Crippen molar-refractivity contribution < 1.29 is 4.74 Å². The van der Waals surface area contributed by atoms with Crippen LogP contribution in [0.4, 0.5) is 0 Å². The van der Waals surface area contributed by atoms with Gasteiger partial charge in [-0.25, -0.2) is 9.97 Å². The Bertz CT molecular complexity index is 2700. The molecule has 0 fully saturated rings. The van der Waals surface area contributed by atoms with Crippen molar-refractivity contribution in [1.29, 1.82) is 0 Å². The second kappa shape index (κ2) is 12.2. The minimum Gasteiger partial charge on any atom is -0.457 e. The van der Waals surface area contributed by atoms with Gasteiger partial charge in [-0.15, -0.1) is 0 Å². The number of para-hydroxylation sites is 1. The van der Waals surface area contributed by atoms with Crippen LogP contribution in [-0.4, -0.2) is 9.97 Å². The first-order valence-electron chi connectivity index (χ1n) is 17.7. The summed E-state index contributed by atoms with van der Waals surface area (Å²) in [6, 6.07) is 68.4. The van der Waals surface area contributed by atoms with E-state index in [0.29, 0.717) is 0 Å². The fraction of sp³-hybridized carbons (Fsp3) is 0.0204. The van der Waals surface area contributed by atoms with Crippen LogP contribution in [0.2, 0.25) is 0 Å². The maximum Gasteiger partial charge on any atom is 0.132 e. The van der Waals surface area contributed by atoms with Crippen LogP contribution in [0.25, 0.3) is 55.4 Å². The summed E-state index contributed by atoms with van der Waals surface area (Å²) in [4.78, 5) is 10.3. The summed E-state index contributed by atoms with van der Waals surface area (Å²) < 4.78 is 6.63. The third-order valence-corrected chi connectivity index (χ3v) is 10.4. The molecule has 2 aromatic heterocycles. The lowest BCUT2D eigenvalue weighted by molar-refractivity contribution is 0.434. The van der Waals surface area contributed by atoms with E-state index in [2.05, 4.69) is 170 Å². The molecular weight excluding hydrogens is 633 g/mol. The molecule has 3 heterocycles. The molecule has 0 atom stereocenters. The normalized spacial score (nSPS) is 12.9. The lowest BCUT2D eigenvalue weighted by atomic mass is 9.63. The summed E-state index contributed by atoms with van der Waals surface area (Å²) in [5, 5.41) is 2.15. The average molecular weight is 665 g/mol. The Hall–Kier alpha value is -6.84. The van der Waals surface area contributed by atoms with Gasteiger partial charge in [-0.05, 0) is 52.6 Å². The maximum atomic E-state index is 6.63. The number of aromatic nitrogens is 2. The van der Waals surface area contributed by atoms with E-state index in [-0.39, 0.29) is 0 Å². The molecule has 3 heteroatoms. The molecular formula is C49H32N2O. The summed E-state index contributed by atoms with van der Waals surface area (Å²) in [5.41, 5.74) is 12.2. The number of hydrogen-bond acceptors (Lipinski definition) is 3. The summed E-state index contributed by atoms with van der Waals surface area (Å²) in [7, 11) is 0. The highest BCUT2D eigenvalue weighted by atomic mass is 16.5. The standard InChI is InChI=1S/C49H32N2O/c1-4-12-34(13-5-1)43-29-26-36-24-25-37-27-30-44(51-48(37)47(36)50-43)35-22-20-33(21-23-35)38-28-31-46-42(32-38)49(39-14-6-2-7-15-39,40-16-8-3-9-17-40)41-18-10-11-19-45(41)52-46/h1-32H. The minimum absolute atomic E-state index is 0.561. The quantitative estimate of drug-likeness (QED) is 0.172. The second-order valence-electron chi connectivity index (χ2n) is 13.3. The third-order valence-electron chi connectivity index (χ3n) is 10.4. The topological polar surface area (TPSA) is 35.0 Å². The highest BCUT2D eigenvalue weighted by molar-refractivity contribution is 6.04. The van der Waals surface area contributed by atoms with Gasteiger partial charge in [0.2, 0.25) is 0 Å². The molecule has 0 spiro atoms. The van der Waals surface area contributed by atoms with E-state index in [9.17, 15) is 0 Å². The summed E-state index contributed by atoms with van der Waals surface area (Å²) in [5.74, 6) is 1.74. The van der Waals surface area contributed by atoms with Crippen LogP contribution in [0, 0.1) is 0 Å². The Morgan fingerprint density at radius 3 is 1.42 bits per heavy atom. The first-order chi connectivity index (χ1) is 25.8. The van der Waals surface area contributed by atoms with Gasteiger partial charge >= 0.3 is 0 Å². The molecule has 1 aliphatic heterocycles. The SMILES string of the molecule is c1ccc(-c2ccc3ccc4ccc(-c5ccc(-c6ccc7c(c6)C(c6ccccc6)(c6ccccc6)c6ccccc6O7)cc5)nc4c3n2)cc1. The van der Waals surface area contributed by atoms with Crippen molar-refractivity contribution in [1.82, 2.24) is 9.97 Å². The monoisotopic (exact) mass is 664 g/mol. The molecule has 7 aromatic carbocycles. The highest BCUT2D eigenvalue weighted by Crippen LogP contribution is 2.55. The summed E-state index contributed by atoms with van der Waals surface area (Å²) in [6.07, 6.45) is 0. The van der Waals surface area contributed by atoms with Crippen LogP contribution < -0.4 is 4.74 Å². The zero-order valence-corrected chi connectivity index (χ0v) is 28.3. The van der Waals surface area contributed by atoms with Gasteiger partial charge in [-0.3, -0.25) is 0 Å². The van der Waals surface area contributed by atoms with Gasteiger partial charge in [0.1, 0.15) is 11.5 Å². The number of nitrogens with zero attached hydrogens (tertiary/aromatic N) is 2. The molecule has 0 saturated carbocycles. The third kappa shape index (κ3) is 4.82. The van der Waals surface area contributed by atoms with Gasteiger partial charge in [0.25, 0.3) is 0 Å². The largest absolute Gasteiger partial charge is 0.457 e. The van der Waals surface area contributed by atoms with Crippen LogP contribution in [0.1, 0.15) is 22.3 Å². The van der Waals surface area contributed by atoms with E-state index in [1.54, 1.807) is 0 Å². The number of rotatable bonds is 5. The lowest BCUT2D eigenvalue weighted by Crippen LogP contribution is -2.34. The Kier molecular flexibility index (Phi) is 7.04. The smallest absolute Gasteiger partial charge is 0.132 e. The van der Waals surface area contributed by atoms with Crippen molar-refractivity contribution in [3.8, 4) is 45.1 Å². The van der Waals surface area contributed by atoms with E-state index in [1.165, 1.54) is 11.1 Å². The molecule has 0 radical (unpaired) electrons. The van der Waals surface area contributed by atoms with Gasteiger partial charge in [-0.1, -0.05) is 164 Å². The summed E-state index contributed by atoms with van der Waals surface area (Å²) in [6.45, 7) is 0. The second-order valence-corrected chi connectivity index (χ2v) is 13.3. The zero-order valence-electron chi connectivity index (χ0n) is 28.3. The van der Waals surface area contributed by atoms with Crippen LogP contribution >= 0.6 is 0 Å². The van der Waals surface area contributed by atoms with Crippen molar-refractivity contribution in [3.63, 3.8) is 0 Å². The molecule has 52 heavy (non-hydrogen) atoms. The predicted octanol–water partition coefficient (Wildman–Crippen LogP) is 12.3. The highest BCUT2D eigenvalue weighted by Gasteiger charge is 2.45. The van der Waals surface area contributed by atoms with Crippen LogP contribution in [-0.2, 0) is 5.41 Å². The molecule has 0 aliphatic carbocycles. The molecule has 244 valence electrons.